The number of hydrogen-bond acceptors (Lipinski definition) is 5. The molecule has 2 rings (SSSR count). The minimum atomic E-state index is -0.572. The summed E-state index contributed by atoms with van der Waals surface area (Å²) in [5.41, 5.74) is 0. The third kappa shape index (κ3) is 1.43. The summed E-state index contributed by atoms with van der Waals surface area (Å²) < 4.78 is 14.7. The first kappa shape index (κ1) is 10.2. The second kappa shape index (κ2) is 3.66. The highest BCUT2D eigenvalue weighted by Crippen LogP contribution is 2.40. The number of methoxy groups -OCH3 is 2. The quantitative estimate of drug-likeness (QED) is 0.472. The topological polar surface area (TPSA) is 61.8 Å². The monoisotopic (exact) mass is 212 g/mol. The van der Waals surface area contributed by atoms with Gasteiger partial charge >= 0.3 is 11.9 Å². The smallest absolute Gasteiger partial charge is 0.312 e. The molecule has 0 unspecified atom stereocenters. The van der Waals surface area contributed by atoms with Crippen LogP contribution in [0.25, 0.3) is 0 Å². The van der Waals surface area contributed by atoms with Crippen LogP contribution in [0, 0.1) is 11.8 Å². The largest absolute Gasteiger partial charge is 0.469 e. The first-order chi connectivity index (χ1) is 7.19. The Balaban J connectivity index is 2.24. The summed E-state index contributed by atoms with van der Waals surface area (Å²) in [4.78, 5) is 23.0. The zero-order chi connectivity index (χ0) is 11.0. The highest BCUT2D eigenvalue weighted by atomic mass is 16.6. The third-order valence-corrected chi connectivity index (χ3v) is 2.85. The van der Waals surface area contributed by atoms with Crippen LogP contribution in [0.4, 0.5) is 0 Å². The molecule has 0 aromatic rings. The Labute approximate surface area is 87.0 Å². The lowest BCUT2D eigenvalue weighted by molar-refractivity contribution is -0.156. The molecule has 2 bridgehead atoms. The van der Waals surface area contributed by atoms with E-state index in [1.54, 1.807) is 12.2 Å². The Morgan fingerprint density at radius 1 is 1.00 bits per heavy atom. The number of carbonyl (C=O) groups is 2. The molecule has 2 aliphatic rings. The second-order valence-corrected chi connectivity index (χ2v) is 3.55. The van der Waals surface area contributed by atoms with Crippen LogP contribution < -0.4 is 0 Å². The van der Waals surface area contributed by atoms with E-state index in [4.69, 9.17) is 4.74 Å². The molecule has 0 amide bonds. The van der Waals surface area contributed by atoms with Gasteiger partial charge in [-0.05, 0) is 0 Å². The number of hydrogen-bond donors (Lipinski definition) is 0. The molecule has 5 nitrogen and oxygen atoms in total. The summed E-state index contributed by atoms with van der Waals surface area (Å²) >= 11 is 0. The molecule has 5 heteroatoms. The van der Waals surface area contributed by atoms with Crippen LogP contribution in [0.15, 0.2) is 12.2 Å². The Hall–Kier alpha value is -1.36. The second-order valence-electron chi connectivity index (χ2n) is 3.55. The van der Waals surface area contributed by atoms with Crippen molar-refractivity contribution in [1.82, 2.24) is 0 Å². The van der Waals surface area contributed by atoms with Crippen molar-refractivity contribution in [1.29, 1.82) is 0 Å². The molecule has 0 aromatic carbocycles. The molecule has 0 saturated carbocycles. The maximum Gasteiger partial charge on any atom is 0.312 e. The fraction of sp³-hybridized carbons (Fsp3) is 0.600. The van der Waals surface area contributed by atoms with Crippen molar-refractivity contribution in [3.63, 3.8) is 0 Å². The Morgan fingerprint density at radius 2 is 1.40 bits per heavy atom. The molecular weight excluding hydrogens is 200 g/mol. The van der Waals surface area contributed by atoms with Gasteiger partial charge < -0.3 is 14.2 Å². The molecule has 0 N–H and O–H groups in total. The predicted octanol–water partition coefficient (Wildman–Crippen LogP) is -0.0980. The molecule has 1 saturated heterocycles. The summed E-state index contributed by atoms with van der Waals surface area (Å²) in [6.45, 7) is 0. The fourth-order valence-corrected chi connectivity index (χ4v) is 2.14. The molecule has 0 radical (unpaired) electrons. The molecule has 1 fully saturated rings. The minimum absolute atomic E-state index is 0.355. The van der Waals surface area contributed by atoms with E-state index in [1.165, 1.54) is 14.2 Å². The summed E-state index contributed by atoms with van der Waals surface area (Å²) in [6.07, 6.45) is 2.86. The lowest BCUT2D eigenvalue weighted by Crippen LogP contribution is -2.37. The maximum atomic E-state index is 11.5. The van der Waals surface area contributed by atoms with Gasteiger partial charge in [0.1, 0.15) is 11.8 Å². The standard InChI is InChI=1S/C10H12O5/c1-13-9(11)7-5-3-4-6(15-5)8(7)10(12)14-2/h3-8H,1-2H3/t5-,6-,7+,8+/m1/s1. The molecule has 0 spiro atoms. The maximum absolute atomic E-state index is 11.5. The van der Waals surface area contributed by atoms with Gasteiger partial charge in [0, 0.05) is 0 Å². The molecule has 0 aliphatic carbocycles. The van der Waals surface area contributed by atoms with E-state index in [-0.39, 0.29) is 12.2 Å². The van der Waals surface area contributed by atoms with E-state index in [1.807, 2.05) is 0 Å². The number of rotatable bonds is 2. The first-order valence-electron chi connectivity index (χ1n) is 4.68. The molecule has 15 heavy (non-hydrogen) atoms. The van der Waals surface area contributed by atoms with E-state index in [0.29, 0.717) is 0 Å². The molecular formula is C10H12O5. The molecule has 4 atom stereocenters. The molecule has 2 heterocycles. The summed E-state index contributed by atoms with van der Waals surface area (Å²) in [5, 5.41) is 0. The zero-order valence-electron chi connectivity index (χ0n) is 8.51. The van der Waals surface area contributed by atoms with Crippen LogP contribution in [0.2, 0.25) is 0 Å². The number of fused-ring (bicyclic) bond motifs is 2. The van der Waals surface area contributed by atoms with Crippen LogP contribution in [0.1, 0.15) is 0 Å². The van der Waals surface area contributed by atoms with E-state index in [2.05, 4.69) is 9.47 Å². The van der Waals surface area contributed by atoms with Gasteiger partial charge in [-0.2, -0.15) is 0 Å². The molecule has 0 aromatic heterocycles. The number of carbonyl (C=O) groups excluding carboxylic acids is 2. The van der Waals surface area contributed by atoms with Crippen LogP contribution >= 0.6 is 0 Å². The van der Waals surface area contributed by atoms with Gasteiger partial charge in [0.25, 0.3) is 0 Å². The van der Waals surface area contributed by atoms with Crippen LogP contribution in [-0.4, -0.2) is 38.4 Å². The Bertz CT molecular complexity index is 292. The third-order valence-electron chi connectivity index (χ3n) is 2.85. The highest BCUT2D eigenvalue weighted by Gasteiger charge is 2.54. The van der Waals surface area contributed by atoms with Crippen molar-refractivity contribution in [2.24, 2.45) is 11.8 Å². The van der Waals surface area contributed by atoms with Gasteiger partial charge in [-0.15, -0.1) is 0 Å². The average Bonchev–Trinajstić information content (AvgIpc) is 2.86. The van der Waals surface area contributed by atoms with Gasteiger partial charge in [-0.1, -0.05) is 12.2 Å². The lowest BCUT2D eigenvalue weighted by Gasteiger charge is -2.20. The fourth-order valence-electron chi connectivity index (χ4n) is 2.14. The Morgan fingerprint density at radius 3 is 1.73 bits per heavy atom. The van der Waals surface area contributed by atoms with Crippen LogP contribution in [0.5, 0.6) is 0 Å². The minimum Gasteiger partial charge on any atom is -0.469 e. The van der Waals surface area contributed by atoms with Crippen molar-refractivity contribution < 1.29 is 23.8 Å². The predicted molar refractivity (Wildman–Crippen MR) is 48.8 cm³/mol. The van der Waals surface area contributed by atoms with Crippen molar-refractivity contribution in [3.8, 4) is 0 Å². The van der Waals surface area contributed by atoms with Gasteiger partial charge in [0.15, 0.2) is 0 Å². The first-order valence-corrected chi connectivity index (χ1v) is 4.68. The molecule has 2 aliphatic heterocycles. The van der Waals surface area contributed by atoms with Crippen molar-refractivity contribution in [2.75, 3.05) is 14.2 Å². The van der Waals surface area contributed by atoms with Gasteiger partial charge in [-0.25, -0.2) is 0 Å². The van der Waals surface area contributed by atoms with Crippen LogP contribution in [-0.2, 0) is 23.8 Å². The average molecular weight is 212 g/mol. The summed E-state index contributed by atoms with van der Waals surface area (Å²) in [6, 6.07) is 0. The van der Waals surface area contributed by atoms with Gasteiger partial charge in [-0.3, -0.25) is 9.59 Å². The summed E-state index contributed by atoms with van der Waals surface area (Å²) in [5.74, 6) is -2.00. The van der Waals surface area contributed by atoms with Crippen molar-refractivity contribution >= 4 is 11.9 Å². The van der Waals surface area contributed by atoms with E-state index < -0.39 is 23.8 Å². The van der Waals surface area contributed by atoms with E-state index in [9.17, 15) is 9.59 Å². The van der Waals surface area contributed by atoms with E-state index >= 15 is 0 Å². The van der Waals surface area contributed by atoms with Crippen molar-refractivity contribution in [3.05, 3.63) is 12.2 Å². The zero-order valence-corrected chi connectivity index (χ0v) is 8.51. The van der Waals surface area contributed by atoms with Gasteiger partial charge in [0.2, 0.25) is 0 Å². The number of esters is 2. The van der Waals surface area contributed by atoms with E-state index in [0.717, 1.165) is 0 Å². The van der Waals surface area contributed by atoms with Crippen LogP contribution in [0.3, 0.4) is 0 Å². The summed E-state index contributed by atoms with van der Waals surface area (Å²) in [7, 11) is 2.60. The van der Waals surface area contributed by atoms with Gasteiger partial charge in [0.05, 0.1) is 26.4 Å². The Kier molecular flexibility index (Phi) is 2.48. The normalized spacial score (nSPS) is 36.7. The lowest BCUT2D eigenvalue weighted by atomic mass is 9.83. The number of ether oxygens (including phenoxy) is 3. The highest BCUT2D eigenvalue weighted by molar-refractivity contribution is 5.84. The SMILES string of the molecule is COC(=O)[C@@H]1[C@@H](C(=O)OC)[C@H]2C=C[C@H]1O2. The van der Waals surface area contributed by atoms with Crippen molar-refractivity contribution in [2.45, 2.75) is 12.2 Å². The molecule has 82 valence electrons.